The van der Waals surface area contributed by atoms with E-state index in [1.165, 1.54) is 5.56 Å². The van der Waals surface area contributed by atoms with Crippen LogP contribution in [0.5, 0.6) is 5.75 Å². The number of hydrogen-bond donors (Lipinski definition) is 0. The molecule has 1 aromatic carbocycles. The Balaban J connectivity index is 1.87. The molecule has 0 aliphatic carbocycles. The van der Waals surface area contributed by atoms with Gasteiger partial charge in [-0.25, -0.2) is 0 Å². The highest BCUT2D eigenvalue weighted by molar-refractivity contribution is 5.73. The molecule has 0 N–H and O–H groups in total. The molecule has 0 spiro atoms. The van der Waals surface area contributed by atoms with E-state index in [1.807, 2.05) is 17.0 Å². The SMILES string of the molecule is CC(=O)N1CCC(Oc2ccc(C(C)C)cc2)CC1. The number of carbonyl (C=O) groups is 1. The normalized spacial score (nSPS) is 16.7. The van der Waals surface area contributed by atoms with Crippen molar-refractivity contribution in [2.75, 3.05) is 13.1 Å². The Morgan fingerprint density at radius 3 is 2.26 bits per heavy atom. The van der Waals surface area contributed by atoms with E-state index in [0.29, 0.717) is 5.92 Å². The number of hydrogen-bond acceptors (Lipinski definition) is 2. The van der Waals surface area contributed by atoms with Crippen molar-refractivity contribution in [3.8, 4) is 5.75 Å². The maximum Gasteiger partial charge on any atom is 0.219 e. The zero-order chi connectivity index (χ0) is 13.8. The van der Waals surface area contributed by atoms with Gasteiger partial charge in [-0.1, -0.05) is 26.0 Å². The van der Waals surface area contributed by atoms with Crippen molar-refractivity contribution in [1.29, 1.82) is 0 Å². The number of likely N-dealkylation sites (tertiary alicyclic amines) is 1. The molecular formula is C16H23NO2. The standard InChI is InChI=1S/C16H23NO2/c1-12(2)14-4-6-15(7-5-14)19-16-8-10-17(11-9-16)13(3)18/h4-7,12,16H,8-11H2,1-3H3. The van der Waals surface area contributed by atoms with E-state index in [1.54, 1.807) is 6.92 Å². The minimum Gasteiger partial charge on any atom is -0.490 e. The number of ether oxygens (including phenoxy) is 1. The molecule has 0 atom stereocenters. The first-order valence-corrected chi connectivity index (χ1v) is 7.08. The number of carbonyl (C=O) groups excluding carboxylic acids is 1. The second kappa shape index (κ2) is 6.09. The highest BCUT2D eigenvalue weighted by atomic mass is 16.5. The van der Waals surface area contributed by atoms with Crippen LogP contribution in [-0.4, -0.2) is 30.0 Å². The maximum absolute atomic E-state index is 11.3. The van der Waals surface area contributed by atoms with Crippen molar-refractivity contribution in [1.82, 2.24) is 4.90 Å². The summed E-state index contributed by atoms with van der Waals surface area (Å²) in [5.41, 5.74) is 1.33. The number of piperidine rings is 1. The largest absolute Gasteiger partial charge is 0.490 e. The third-order valence-electron chi connectivity index (χ3n) is 3.74. The molecule has 3 nitrogen and oxygen atoms in total. The molecule has 1 saturated heterocycles. The second-order valence-corrected chi connectivity index (χ2v) is 5.55. The average Bonchev–Trinajstić information content (AvgIpc) is 2.40. The van der Waals surface area contributed by atoms with Crippen molar-refractivity contribution in [3.63, 3.8) is 0 Å². The third-order valence-corrected chi connectivity index (χ3v) is 3.74. The Hall–Kier alpha value is -1.51. The highest BCUT2D eigenvalue weighted by Crippen LogP contribution is 2.22. The quantitative estimate of drug-likeness (QED) is 0.836. The van der Waals surface area contributed by atoms with Gasteiger partial charge in [0.2, 0.25) is 5.91 Å². The van der Waals surface area contributed by atoms with Crippen LogP contribution in [0.4, 0.5) is 0 Å². The van der Waals surface area contributed by atoms with Crippen LogP contribution in [-0.2, 0) is 4.79 Å². The smallest absolute Gasteiger partial charge is 0.219 e. The van der Waals surface area contributed by atoms with Gasteiger partial charge < -0.3 is 9.64 Å². The highest BCUT2D eigenvalue weighted by Gasteiger charge is 2.21. The number of amides is 1. The Kier molecular flexibility index (Phi) is 4.46. The van der Waals surface area contributed by atoms with E-state index in [-0.39, 0.29) is 12.0 Å². The van der Waals surface area contributed by atoms with Crippen LogP contribution in [0.15, 0.2) is 24.3 Å². The monoisotopic (exact) mass is 261 g/mol. The molecule has 0 aromatic heterocycles. The van der Waals surface area contributed by atoms with E-state index in [9.17, 15) is 4.79 Å². The lowest BCUT2D eigenvalue weighted by Gasteiger charge is -2.31. The molecule has 0 bridgehead atoms. The summed E-state index contributed by atoms with van der Waals surface area (Å²) >= 11 is 0. The van der Waals surface area contributed by atoms with Gasteiger partial charge in [0.25, 0.3) is 0 Å². The van der Waals surface area contributed by atoms with Crippen LogP contribution in [0.25, 0.3) is 0 Å². The maximum atomic E-state index is 11.3. The molecule has 1 amide bonds. The summed E-state index contributed by atoms with van der Waals surface area (Å²) in [6, 6.07) is 8.36. The van der Waals surface area contributed by atoms with Gasteiger partial charge in [-0.3, -0.25) is 4.79 Å². The molecule has 0 saturated carbocycles. The molecule has 1 fully saturated rings. The Morgan fingerprint density at radius 2 is 1.79 bits per heavy atom. The van der Waals surface area contributed by atoms with Crippen LogP contribution < -0.4 is 4.74 Å². The Bertz CT molecular complexity index is 417. The first-order chi connectivity index (χ1) is 9.06. The fourth-order valence-corrected chi connectivity index (χ4v) is 2.41. The predicted octanol–water partition coefficient (Wildman–Crippen LogP) is 3.20. The van der Waals surface area contributed by atoms with Crippen molar-refractivity contribution < 1.29 is 9.53 Å². The Morgan fingerprint density at radius 1 is 1.21 bits per heavy atom. The minimum absolute atomic E-state index is 0.166. The summed E-state index contributed by atoms with van der Waals surface area (Å²) in [7, 11) is 0. The zero-order valence-electron chi connectivity index (χ0n) is 12.1. The molecular weight excluding hydrogens is 238 g/mol. The molecule has 19 heavy (non-hydrogen) atoms. The molecule has 0 unspecified atom stereocenters. The van der Waals surface area contributed by atoms with Gasteiger partial charge in [-0.2, -0.15) is 0 Å². The zero-order valence-corrected chi connectivity index (χ0v) is 12.1. The summed E-state index contributed by atoms with van der Waals surface area (Å²) in [4.78, 5) is 13.1. The van der Waals surface area contributed by atoms with Crippen molar-refractivity contribution in [2.24, 2.45) is 0 Å². The van der Waals surface area contributed by atoms with Gasteiger partial charge >= 0.3 is 0 Å². The van der Waals surface area contributed by atoms with Crippen LogP contribution >= 0.6 is 0 Å². The summed E-state index contributed by atoms with van der Waals surface area (Å²) in [5.74, 6) is 1.65. The van der Waals surface area contributed by atoms with Crippen LogP contribution in [0.2, 0.25) is 0 Å². The average molecular weight is 261 g/mol. The summed E-state index contributed by atoms with van der Waals surface area (Å²) in [6.45, 7) is 7.63. The van der Waals surface area contributed by atoms with E-state index >= 15 is 0 Å². The van der Waals surface area contributed by atoms with Gasteiger partial charge in [-0.05, 0) is 23.6 Å². The predicted molar refractivity (Wildman–Crippen MR) is 76.4 cm³/mol. The fraction of sp³-hybridized carbons (Fsp3) is 0.562. The number of nitrogens with zero attached hydrogens (tertiary/aromatic N) is 1. The Labute approximate surface area is 115 Å². The van der Waals surface area contributed by atoms with Crippen LogP contribution in [0.3, 0.4) is 0 Å². The summed E-state index contributed by atoms with van der Waals surface area (Å²) in [5, 5.41) is 0. The van der Waals surface area contributed by atoms with Crippen LogP contribution in [0, 0.1) is 0 Å². The minimum atomic E-state index is 0.166. The molecule has 1 aromatic rings. The lowest BCUT2D eigenvalue weighted by molar-refractivity contribution is -0.130. The first kappa shape index (κ1) is 13.9. The lowest BCUT2D eigenvalue weighted by Crippen LogP contribution is -2.40. The van der Waals surface area contributed by atoms with E-state index in [4.69, 9.17) is 4.74 Å². The first-order valence-electron chi connectivity index (χ1n) is 7.08. The number of rotatable bonds is 3. The van der Waals surface area contributed by atoms with Gasteiger partial charge in [-0.15, -0.1) is 0 Å². The summed E-state index contributed by atoms with van der Waals surface area (Å²) in [6.07, 6.45) is 2.08. The van der Waals surface area contributed by atoms with Crippen molar-refractivity contribution in [2.45, 2.75) is 45.6 Å². The molecule has 0 radical (unpaired) electrons. The molecule has 1 aliphatic heterocycles. The van der Waals surface area contributed by atoms with E-state index in [0.717, 1.165) is 31.7 Å². The lowest BCUT2D eigenvalue weighted by atomic mass is 10.0. The molecule has 2 rings (SSSR count). The topological polar surface area (TPSA) is 29.5 Å². The van der Waals surface area contributed by atoms with Crippen molar-refractivity contribution >= 4 is 5.91 Å². The number of benzene rings is 1. The molecule has 1 heterocycles. The fourth-order valence-electron chi connectivity index (χ4n) is 2.41. The van der Waals surface area contributed by atoms with E-state index in [2.05, 4.69) is 26.0 Å². The van der Waals surface area contributed by atoms with Gasteiger partial charge in [0.1, 0.15) is 11.9 Å². The molecule has 1 aliphatic rings. The van der Waals surface area contributed by atoms with Gasteiger partial charge in [0.15, 0.2) is 0 Å². The van der Waals surface area contributed by atoms with Gasteiger partial charge in [0, 0.05) is 32.9 Å². The molecule has 3 heteroatoms. The van der Waals surface area contributed by atoms with E-state index < -0.39 is 0 Å². The third kappa shape index (κ3) is 3.72. The van der Waals surface area contributed by atoms with Crippen LogP contribution in [0.1, 0.15) is 45.1 Å². The summed E-state index contributed by atoms with van der Waals surface area (Å²) < 4.78 is 5.98. The van der Waals surface area contributed by atoms with Crippen molar-refractivity contribution in [3.05, 3.63) is 29.8 Å². The van der Waals surface area contributed by atoms with Gasteiger partial charge in [0.05, 0.1) is 0 Å². The second-order valence-electron chi connectivity index (χ2n) is 5.55. The molecule has 104 valence electrons.